The van der Waals surface area contributed by atoms with E-state index in [9.17, 15) is 4.79 Å². The van der Waals surface area contributed by atoms with Crippen LogP contribution in [-0.4, -0.2) is 37.5 Å². The van der Waals surface area contributed by atoms with Crippen LogP contribution in [0.4, 0.5) is 11.4 Å². The van der Waals surface area contributed by atoms with Crippen LogP contribution in [0.15, 0.2) is 18.2 Å². The number of fused-ring (bicyclic) bond motifs is 1. The molecule has 2 N–H and O–H groups in total. The number of benzene rings is 1. The normalized spacial score (nSPS) is 13.5. The van der Waals surface area contributed by atoms with Crippen molar-refractivity contribution in [3.63, 3.8) is 0 Å². The van der Waals surface area contributed by atoms with E-state index in [1.54, 1.807) is 0 Å². The molecule has 0 unspecified atom stereocenters. The molecule has 0 radical (unpaired) electrons. The Bertz CT molecular complexity index is 457. The van der Waals surface area contributed by atoms with Crippen molar-refractivity contribution in [2.45, 2.75) is 20.3 Å². The first-order chi connectivity index (χ1) is 9.09. The Kier molecular flexibility index (Phi) is 4.30. The molecule has 0 spiro atoms. The summed E-state index contributed by atoms with van der Waals surface area (Å²) >= 11 is 0. The van der Waals surface area contributed by atoms with Crippen LogP contribution in [0.25, 0.3) is 0 Å². The summed E-state index contributed by atoms with van der Waals surface area (Å²) in [6, 6.07) is 5.84. The maximum atomic E-state index is 12.5. The molecule has 1 heterocycles. The highest BCUT2D eigenvalue weighted by molar-refractivity contribution is 6.02. The Hall–Kier alpha value is -1.71. The third kappa shape index (κ3) is 3.19. The van der Waals surface area contributed by atoms with Gasteiger partial charge in [0.2, 0.25) is 0 Å². The number of nitrogens with zero attached hydrogens (tertiary/aromatic N) is 1. The fourth-order valence-electron chi connectivity index (χ4n) is 2.21. The van der Waals surface area contributed by atoms with Gasteiger partial charge in [-0.05, 0) is 24.5 Å². The van der Waals surface area contributed by atoms with Crippen LogP contribution in [0.1, 0.15) is 30.6 Å². The molecule has 1 amide bonds. The van der Waals surface area contributed by atoms with Crippen molar-refractivity contribution < 1.29 is 4.79 Å². The second-order valence-electron chi connectivity index (χ2n) is 5.49. The lowest BCUT2D eigenvalue weighted by atomic mass is 10.1. The fourth-order valence-corrected chi connectivity index (χ4v) is 2.21. The molecule has 1 aromatic carbocycles. The summed E-state index contributed by atoms with van der Waals surface area (Å²) in [5, 5.41) is 6.64. The summed E-state index contributed by atoms with van der Waals surface area (Å²) in [6.07, 6.45) is 1.03. The van der Waals surface area contributed by atoms with Gasteiger partial charge in [0.25, 0.3) is 5.91 Å². The van der Waals surface area contributed by atoms with Crippen LogP contribution in [0.2, 0.25) is 0 Å². The lowest BCUT2D eigenvalue weighted by Gasteiger charge is -2.25. The molecule has 1 aromatic rings. The van der Waals surface area contributed by atoms with Crippen molar-refractivity contribution in [1.29, 1.82) is 0 Å². The second kappa shape index (κ2) is 5.95. The minimum atomic E-state index is 0.0914. The van der Waals surface area contributed by atoms with Gasteiger partial charge in [0.15, 0.2) is 0 Å². The van der Waals surface area contributed by atoms with Gasteiger partial charge in [0.1, 0.15) is 0 Å². The monoisotopic (exact) mass is 261 g/mol. The minimum Gasteiger partial charge on any atom is -0.382 e. The Morgan fingerprint density at radius 2 is 2.05 bits per heavy atom. The smallest absolute Gasteiger partial charge is 0.255 e. The van der Waals surface area contributed by atoms with Crippen LogP contribution < -0.4 is 10.6 Å². The molecule has 0 fully saturated rings. The Labute approximate surface area is 115 Å². The molecule has 0 saturated heterocycles. The highest BCUT2D eigenvalue weighted by atomic mass is 16.2. The van der Waals surface area contributed by atoms with Gasteiger partial charge in [-0.3, -0.25) is 4.79 Å². The number of amides is 1. The third-order valence-electron chi connectivity index (χ3n) is 3.43. The zero-order valence-electron chi connectivity index (χ0n) is 12.0. The number of carbonyl (C=O) groups excluding carboxylic acids is 1. The number of hydrogen-bond donors (Lipinski definition) is 2. The summed E-state index contributed by atoms with van der Waals surface area (Å²) in [7, 11) is 1.88. The molecule has 0 saturated carbocycles. The fraction of sp³-hybridized carbons (Fsp3) is 0.533. The molecule has 19 heavy (non-hydrogen) atoms. The number of carbonyl (C=O) groups is 1. The molecular weight excluding hydrogens is 238 g/mol. The highest BCUT2D eigenvalue weighted by Gasteiger charge is 2.19. The van der Waals surface area contributed by atoms with Crippen LogP contribution in [0, 0.1) is 5.92 Å². The Balaban J connectivity index is 2.15. The van der Waals surface area contributed by atoms with E-state index in [0.717, 1.165) is 43.0 Å². The van der Waals surface area contributed by atoms with E-state index in [0.29, 0.717) is 5.92 Å². The number of para-hydroxylation sites is 1. The summed E-state index contributed by atoms with van der Waals surface area (Å²) in [4.78, 5) is 14.3. The number of hydrogen-bond acceptors (Lipinski definition) is 3. The zero-order chi connectivity index (χ0) is 13.8. The molecule has 4 nitrogen and oxygen atoms in total. The average Bonchev–Trinajstić information content (AvgIpc) is 2.43. The largest absolute Gasteiger partial charge is 0.382 e. The lowest BCUT2D eigenvalue weighted by molar-refractivity contribution is 0.0790. The SMILES string of the molecule is CC(C)CCN(C)C(=O)c1cccc2c1NCCN2. The van der Waals surface area contributed by atoms with Crippen LogP contribution in [0.3, 0.4) is 0 Å². The molecule has 104 valence electrons. The van der Waals surface area contributed by atoms with Crippen molar-refractivity contribution in [1.82, 2.24) is 4.90 Å². The summed E-state index contributed by atoms with van der Waals surface area (Å²) in [5.74, 6) is 0.702. The molecule has 0 atom stereocenters. The van der Waals surface area contributed by atoms with Crippen LogP contribution >= 0.6 is 0 Å². The zero-order valence-corrected chi connectivity index (χ0v) is 12.0. The summed E-state index contributed by atoms with van der Waals surface area (Å²) in [6.45, 7) is 6.90. The number of nitrogens with one attached hydrogen (secondary N) is 2. The summed E-state index contributed by atoms with van der Waals surface area (Å²) in [5.41, 5.74) is 2.72. The van der Waals surface area contributed by atoms with Crippen molar-refractivity contribution in [3.05, 3.63) is 23.8 Å². The van der Waals surface area contributed by atoms with Crippen molar-refractivity contribution >= 4 is 17.3 Å². The first kappa shape index (κ1) is 13.7. The van der Waals surface area contributed by atoms with E-state index < -0.39 is 0 Å². The maximum absolute atomic E-state index is 12.5. The molecule has 2 rings (SSSR count). The molecule has 0 aromatic heterocycles. The average molecular weight is 261 g/mol. The van der Waals surface area contributed by atoms with E-state index in [1.807, 2.05) is 30.1 Å². The predicted molar refractivity (Wildman–Crippen MR) is 79.8 cm³/mol. The van der Waals surface area contributed by atoms with E-state index in [2.05, 4.69) is 24.5 Å². The molecule has 1 aliphatic rings. The highest BCUT2D eigenvalue weighted by Crippen LogP contribution is 2.29. The predicted octanol–water partition coefficient (Wildman–Crippen LogP) is 2.64. The standard InChI is InChI=1S/C15H23N3O/c1-11(2)7-10-18(3)15(19)12-5-4-6-13-14(12)17-9-8-16-13/h4-6,11,16-17H,7-10H2,1-3H3. The van der Waals surface area contributed by atoms with E-state index >= 15 is 0 Å². The Morgan fingerprint density at radius 3 is 2.79 bits per heavy atom. The van der Waals surface area contributed by atoms with Crippen LogP contribution in [-0.2, 0) is 0 Å². The van der Waals surface area contributed by atoms with E-state index in [4.69, 9.17) is 0 Å². The Morgan fingerprint density at radius 1 is 1.32 bits per heavy atom. The minimum absolute atomic E-state index is 0.0914. The number of anilines is 2. The first-order valence-corrected chi connectivity index (χ1v) is 6.96. The van der Waals surface area contributed by atoms with Gasteiger partial charge in [0, 0.05) is 26.7 Å². The summed E-state index contributed by atoms with van der Waals surface area (Å²) < 4.78 is 0. The molecule has 1 aliphatic heterocycles. The van der Waals surface area contributed by atoms with Crippen molar-refractivity contribution in [2.24, 2.45) is 5.92 Å². The molecular formula is C15H23N3O. The molecule has 0 bridgehead atoms. The topological polar surface area (TPSA) is 44.4 Å². The van der Waals surface area contributed by atoms with Crippen LogP contribution in [0.5, 0.6) is 0 Å². The van der Waals surface area contributed by atoms with E-state index in [-0.39, 0.29) is 5.91 Å². The maximum Gasteiger partial charge on any atom is 0.255 e. The number of rotatable bonds is 4. The third-order valence-corrected chi connectivity index (χ3v) is 3.43. The van der Waals surface area contributed by atoms with Gasteiger partial charge in [-0.25, -0.2) is 0 Å². The van der Waals surface area contributed by atoms with Gasteiger partial charge in [-0.1, -0.05) is 19.9 Å². The van der Waals surface area contributed by atoms with Gasteiger partial charge in [-0.15, -0.1) is 0 Å². The van der Waals surface area contributed by atoms with Crippen molar-refractivity contribution in [2.75, 3.05) is 37.3 Å². The van der Waals surface area contributed by atoms with Gasteiger partial charge >= 0.3 is 0 Å². The van der Waals surface area contributed by atoms with Gasteiger partial charge in [0.05, 0.1) is 16.9 Å². The van der Waals surface area contributed by atoms with E-state index in [1.165, 1.54) is 0 Å². The molecule has 4 heteroatoms. The van der Waals surface area contributed by atoms with Crippen molar-refractivity contribution in [3.8, 4) is 0 Å². The second-order valence-corrected chi connectivity index (χ2v) is 5.49. The first-order valence-electron chi connectivity index (χ1n) is 6.96. The van der Waals surface area contributed by atoms with Gasteiger partial charge < -0.3 is 15.5 Å². The molecule has 0 aliphatic carbocycles. The van der Waals surface area contributed by atoms with Gasteiger partial charge in [-0.2, -0.15) is 0 Å². The quantitative estimate of drug-likeness (QED) is 0.875. The lowest BCUT2D eigenvalue weighted by Crippen LogP contribution is -2.30.